The Morgan fingerprint density at radius 3 is 2.14 bits per heavy atom. The number of sulfonamides is 1. The second-order valence-corrected chi connectivity index (χ2v) is 11.0. The smallest absolute Gasteiger partial charge is 0.244 e. The molecule has 190 valence electrons. The van der Waals surface area contributed by atoms with Crippen LogP contribution in [0.3, 0.4) is 0 Å². The van der Waals surface area contributed by atoms with Crippen molar-refractivity contribution in [1.82, 2.24) is 10.2 Å². The van der Waals surface area contributed by atoms with Gasteiger partial charge in [0.25, 0.3) is 0 Å². The van der Waals surface area contributed by atoms with Crippen molar-refractivity contribution in [2.75, 3.05) is 24.2 Å². The van der Waals surface area contributed by atoms with Gasteiger partial charge in [-0.05, 0) is 51.3 Å². The molecule has 0 saturated carbocycles. The molecule has 36 heavy (non-hydrogen) atoms. The minimum atomic E-state index is -3.85. The molecule has 10 heteroatoms. The Morgan fingerprint density at radius 1 is 0.944 bits per heavy atom. The van der Waals surface area contributed by atoms with E-state index in [4.69, 9.17) is 0 Å². The number of carbonyl (C=O) groups excluding carboxylic acids is 2. The highest BCUT2D eigenvalue weighted by Gasteiger charge is 2.33. The van der Waals surface area contributed by atoms with Gasteiger partial charge in [0.2, 0.25) is 21.8 Å². The van der Waals surface area contributed by atoms with Crippen LogP contribution >= 0.6 is 15.9 Å². The lowest BCUT2D eigenvalue weighted by Crippen LogP contribution is -2.52. The van der Waals surface area contributed by atoms with Gasteiger partial charge in [-0.25, -0.2) is 12.8 Å². The number of hydrogen-bond donors (Lipinski definition) is 1. The van der Waals surface area contributed by atoms with E-state index in [1.165, 1.54) is 36.2 Å². The zero-order chi connectivity index (χ0) is 26.3. The second kappa shape index (κ2) is 12.1. The molecule has 7 nitrogen and oxygen atoms in total. The SMILES string of the molecule is CNC(=O)[C@H](Cc1ccccc1)N(Cc1ccc(F)cc1)C(=O)CN(c1ccccc1Br)S(C)(=O)=O. The monoisotopic (exact) mass is 575 g/mol. The van der Waals surface area contributed by atoms with E-state index in [1.54, 1.807) is 24.3 Å². The number of likely N-dealkylation sites (N-methyl/N-ethyl adjacent to an activating group) is 1. The van der Waals surface area contributed by atoms with E-state index in [9.17, 15) is 22.4 Å². The topological polar surface area (TPSA) is 86.8 Å². The summed E-state index contributed by atoms with van der Waals surface area (Å²) < 4.78 is 40.4. The van der Waals surface area contributed by atoms with Crippen LogP contribution in [0.4, 0.5) is 10.1 Å². The Bertz CT molecular complexity index is 1300. The molecule has 0 fully saturated rings. The fourth-order valence-electron chi connectivity index (χ4n) is 3.76. The molecule has 1 N–H and O–H groups in total. The molecular weight excluding hydrogens is 549 g/mol. The summed E-state index contributed by atoms with van der Waals surface area (Å²) in [6.45, 7) is -0.539. The molecule has 0 aliphatic carbocycles. The van der Waals surface area contributed by atoms with E-state index in [0.29, 0.717) is 15.7 Å². The van der Waals surface area contributed by atoms with Crippen LogP contribution in [-0.2, 0) is 32.6 Å². The Morgan fingerprint density at radius 2 is 1.56 bits per heavy atom. The standard InChI is InChI=1S/C26H27BrFN3O4S/c1-29-26(33)24(16-19-8-4-3-5-9-19)30(17-20-12-14-21(28)15-13-20)25(32)18-31(36(2,34)35)23-11-7-6-10-22(23)27/h3-15,24H,16-18H2,1-2H3,(H,29,33)/t24-/m0/s1. The highest BCUT2D eigenvalue weighted by Crippen LogP contribution is 2.28. The van der Waals surface area contributed by atoms with E-state index in [2.05, 4.69) is 21.2 Å². The molecule has 3 aromatic rings. The number of halogens is 2. The molecule has 2 amide bonds. The van der Waals surface area contributed by atoms with Crippen molar-refractivity contribution in [2.24, 2.45) is 0 Å². The first kappa shape index (κ1) is 27.3. The summed E-state index contributed by atoms with van der Waals surface area (Å²) in [5, 5.41) is 2.61. The molecule has 0 aliphatic heterocycles. The van der Waals surface area contributed by atoms with Crippen molar-refractivity contribution in [2.45, 2.75) is 19.0 Å². The van der Waals surface area contributed by atoms with E-state index in [0.717, 1.165) is 16.1 Å². The Hall–Kier alpha value is -3.24. The average Bonchev–Trinajstić information content (AvgIpc) is 2.85. The van der Waals surface area contributed by atoms with Gasteiger partial charge >= 0.3 is 0 Å². The number of benzene rings is 3. The quantitative estimate of drug-likeness (QED) is 0.399. The summed E-state index contributed by atoms with van der Waals surface area (Å²) in [6, 6.07) is 20.5. The maximum absolute atomic E-state index is 13.8. The Kier molecular flexibility index (Phi) is 9.22. The third-order valence-electron chi connectivity index (χ3n) is 5.58. The highest BCUT2D eigenvalue weighted by molar-refractivity contribution is 9.10. The molecule has 0 unspecified atom stereocenters. The van der Waals surface area contributed by atoms with Gasteiger partial charge in [0.1, 0.15) is 18.4 Å². The second-order valence-electron chi connectivity index (χ2n) is 8.19. The van der Waals surface area contributed by atoms with Crippen molar-refractivity contribution in [3.05, 3.63) is 100 Å². The summed E-state index contributed by atoms with van der Waals surface area (Å²) >= 11 is 3.35. The molecule has 0 aliphatic rings. The molecule has 0 bridgehead atoms. The first-order valence-corrected chi connectivity index (χ1v) is 13.8. The van der Waals surface area contributed by atoms with Crippen LogP contribution in [0.1, 0.15) is 11.1 Å². The predicted octanol–water partition coefficient (Wildman–Crippen LogP) is 3.74. The lowest BCUT2D eigenvalue weighted by atomic mass is 10.0. The van der Waals surface area contributed by atoms with Gasteiger partial charge < -0.3 is 10.2 Å². The number of rotatable bonds is 10. The Balaban J connectivity index is 2.03. The molecule has 0 radical (unpaired) electrons. The molecular formula is C26H27BrFN3O4S. The number of carbonyl (C=O) groups is 2. The minimum Gasteiger partial charge on any atom is -0.357 e. The summed E-state index contributed by atoms with van der Waals surface area (Å²) in [5.41, 5.74) is 1.72. The van der Waals surface area contributed by atoms with Gasteiger partial charge in [-0.15, -0.1) is 0 Å². The van der Waals surface area contributed by atoms with E-state index in [1.807, 2.05) is 30.3 Å². The third kappa shape index (κ3) is 7.14. The first-order valence-electron chi connectivity index (χ1n) is 11.1. The zero-order valence-corrected chi connectivity index (χ0v) is 22.3. The number of para-hydroxylation sites is 1. The van der Waals surface area contributed by atoms with Gasteiger partial charge in [0.05, 0.1) is 11.9 Å². The van der Waals surface area contributed by atoms with Crippen LogP contribution < -0.4 is 9.62 Å². The van der Waals surface area contributed by atoms with Gasteiger partial charge in [-0.1, -0.05) is 54.6 Å². The van der Waals surface area contributed by atoms with Crippen LogP contribution in [0.25, 0.3) is 0 Å². The largest absolute Gasteiger partial charge is 0.357 e. The van der Waals surface area contributed by atoms with E-state index >= 15 is 0 Å². The van der Waals surface area contributed by atoms with Gasteiger partial charge in [0.15, 0.2) is 0 Å². The molecule has 0 heterocycles. The minimum absolute atomic E-state index is 0.0163. The number of amides is 2. The van der Waals surface area contributed by atoms with Crippen molar-refractivity contribution in [3.8, 4) is 0 Å². The molecule has 1 atom stereocenters. The third-order valence-corrected chi connectivity index (χ3v) is 7.38. The molecule has 0 saturated heterocycles. The van der Waals surface area contributed by atoms with Crippen molar-refractivity contribution in [1.29, 1.82) is 0 Å². The number of anilines is 1. The lowest BCUT2D eigenvalue weighted by Gasteiger charge is -2.33. The van der Waals surface area contributed by atoms with Crippen LogP contribution in [0.5, 0.6) is 0 Å². The van der Waals surface area contributed by atoms with Gasteiger partial charge in [0, 0.05) is 24.5 Å². The van der Waals surface area contributed by atoms with E-state index < -0.39 is 40.2 Å². The maximum atomic E-state index is 13.8. The molecule has 0 spiro atoms. The fourth-order valence-corrected chi connectivity index (χ4v) is 5.23. The van der Waals surface area contributed by atoms with Crippen molar-refractivity contribution >= 4 is 43.5 Å². The van der Waals surface area contributed by atoms with Crippen LogP contribution in [0.2, 0.25) is 0 Å². The normalized spacial score (nSPS) is 12.0. The lowest BCUT2D eigenvalue weighted by molar-refractivity contribution is -0.139. The first-order chi connectivity index (χ1) is 17.1. The predicted molar refractivity (Wildman–Crippen MR) is 141 cm³/mol. The zero-order valence-electron chi connectivity index (χ0n) is 19.9. The summed E-state index contributed by atoms with van der Waals surface area (Å²) in [7, 11) is -2.38. The van der Waals surface area contributed by atoms with E-state index in [-0.39, 0.29) is 13.0 Å². The summed E-state index contributed by atoms with van der Waals surface area (Å²) in [5.74, 6) is -1.41. The molecule has 3 aromatic carbocycles. The number of nitrogens with one attached hydrogen (secondary N) is 1. The number of nitrogens with zero attached hydrogens (tertiary/aromatic N) is 2. The molecule has 0 aromatic heterocycles. The summed E-state index contributed by atoms with van der Waals surface area (Å²) in [4.78, 5) is 28.1. The fraction of sp³-hybridized carbons (Fsp3) is 0.231. The Labute approximate surface area is 219 Å². The van der Waals surface area contributed by atoms with Crippen molar-refractivity contribution in [3.63, 3.8) is 0 Å². The van der Waals surface area contributed by atoms with Crippen LogP contribution in [-0.4, -0.2) is 51.0 Å². The van der Waals surface area contributed by atoms with Crippen molar-refractivity contribution < 1.29 is 22.4 Å². The van der Waals surface area contributed by atoms with Gasteiger partial charge in [-0.2, -0.15) is 0 Å². The maximum Gasteiger partial charge on any atom is 0.244 e. The highest BCUT2D eigenvalue weighted by atomic mass is 79.9. The van der Waals surface area contributed by atoms with Crippen LogP contribution in [0, 0.1) is 5.82 Å². The summed E-state index contributed by atoms with van der Waals surface area (Å²) in [6.07, 6.45) is 1.23. The average molecular weight is 576 g/mol. The van der Waals surface area contributed by atoms with Gasteiger partial charge in [-0.3, -0.25) is 13.9 Å². The molecule has 3 rings (SSSR count). The van der Waals surface area contributed by atoms with Crippen LogP contribution in [0.15, 0.2) is 83.3 Å². The number of hydrogen-bond acceptors (Lipinski definition) is 4.